The van der Waals surface area contributed by atoms with Crippen LogP contribution in [0.3, 0.4) is 0 Å². The molecule has 0 saturated heterocycles. The van der Waals surface area contributed by atoms with Crippen LogP contribution in [0.2, 0.25) is 0 Å². The predicted octanol–water partition coefficient (Wildman–Crippen LogP) is 1.97. The highest BCUT2D eigenvalue weighted by molar-refractivity contribution is 5.40. The van der Waals surface area contributed by atoms with Gasteiger partial charge in [0.15, 0.2) is 0 Å². The lowest BCUT2D eigenvalue weighted by Crippen LogP contribution is -2.15. The van der Waals surface area contributed by atoms with Crippen molar-refractivity contribution in [2.45, 2.75) is 32.4 Å². The molecule has 4 nitrogen and oxygen atoms in total. The largest absolute Gasteiger partial charge is 0.308 e. The van der Waals surface area contributed by atoms with E-state index in [-0.39, 0.29) is 5.82 Å². The van der Waals surface area contributed by atoms with Crippen molar-refractivity contribution in [3.63, 3.8) is 0 Å². The lowest BCUT2D eigenvalue weighted by Gasteiger charge is -2.05. The molecular weight excluding hydrogens is 231 g/mol. The van der Waals surface area contributed by atoms with Crippen molar-refractivity contribution < 1.29 is 4.39 Å². The molecule has 1 N–H and O–H groups in total. The van der Waals surface area contributed by atoms with Crippen LogP contribution in [-0.4, -0.2) is 21.0 Å². The number of aryl methyl sites for hydroxylation is 1. The average molecular weight is 246 g/mol. The van der Waals surface area contributed by atoms with E-state index in [9.17, 15) is 4.39 Å². The van der Waals surface area contributed by atoms with Gasteiger partial charge in [0, 0.05) is 12.6 Å². The minimum Gasteiger partial charge on any atom is -0.308 e. The number of hydrogen-bond donors (Lipinski definition) is 1. The molecule has 0 spiro atoms. The van der Waals surface area contributed by atoms with Gasteiger partial charge < -0.3 is 5.32 Å². The van der Waals surface area contributed by atoms with E-state index in [4.69, 9.17) is 0 Å². The van der Waals surface area contributed by atoms with Crippen LogP contribution in [0.4, 0.5) is 4.39 Å². The summed E-state index contributed by atoms with van der Waals surface area (Å²) in [5, 5.41) is 11.4. The first-order chi connectivity index (χ1) is 8.74. The molecule has 5 heteroatoms. The SMILES string of the molecule is Cc1cccc(F)c1-n1cc(CNC2CC2)nn1. The standard InChI is InChI=1S/C13H15FN4/c1-9-3-2-4-12(14)13(9)18-8-11(16-17-18)7-15-10-5-6-10/h2-4,8,10,15H,5-7H2,1H3. The Hall–Kier alpha value is -1.75. The van der Waals surface area contributed by atoms with Gasteiger partial charge >= 0.3 is 0 Å². The lowest BCUT2D eigenvalue weighted by atomic mass is 10.2. The molecule has 1 aromatic heterocycles. The molecule has 1 aliphatic rings. The molecule has 0 bridgehead atoms. The monoisotopic (exact) mass is 246 g/mol. The van der Waals surface area contributed by atoms with Crippen LogP contribution >= 0.6 is 0 Å². The quantitative estimate of drug-likeness (QED) is 0.896. The molecule has 0 amide bonds. The summed E-state index contributed by atoms with van der Waals surface area (Å²) in [6.07, 6.45) is 4.25. The summed E-state index contributed by atoms with van der Waals surface area (Å²) < 4.78 is 15.3. The Labute approximate surface area is 105 Å². The van der Waals surface area contributed by atoms with E-state index < -0.39 is 0 Å². The highest BCUT2D eigenvalue weighted by atomic mass is 19.1. The van der Waals surface area contributed by atoms with Gasteiger partial charge in [0.2, 0.25) is 0 Å². The van der Waals surface area contributed by atoms with Crippen LogP contribution in [0.1, 0.15) is 24.1 Å². The second-order valence-corrected chi connectivity index (χ2v) is 4.71. The van der Waals surface area contributed by atoms with E-state index in [1.165, 1.54) is 23.6 Å². The average Bonchev–Trinajstić information content (AvgIpc) is 3.06. The molecule has 0 atom stereocenters. The fourth-order valence-electron chi connectivity index (χ4n) is 1.94. The molecular formula is C13H15FN4. The van der Waals surface area contributed by atoms with Gasteiger partial charge in [-0.05, 0) is 31.4 Å². The van der Waals surface area contributed by atoms with Crippen molar-refractivity contribution >= 4 is 0 Å². The van der Waals surface area contributed by atoms with Gasteiger partial charge in [0.1, 0.15) is 11.5 Å². The third-order valence-corrected chi connectivity index (χ3v) is 3.11. The molecule has 1 aliphatic carbocycles. The summed E-state index contributed by atoms with van der Waals surface area (Å²) in [5.74, 6) is -0.276. The van der Waals surface area contributed by atoms with Crippen molar-refractivity contribution in [1.82, 2.24) is 20.3 Å². The number of benzene rings is 1. The normalized spacial score (nSPS) is 15.0. The molecule has 2 aromatic rings. The molecule has 1 fully saturated rings. The summed E-state index contributed by atoms with van der Waals surface area (Å²) in [4.78, 5) is 0. The molecule has 3 rings (SSSR count). The molecule has 0 radical (unpaired) electrons. The third-order valence-electron chi connectivity index (χ3n) is 3.11. The molecule has 94 valence electrons. The number of halogens is 1. The van der Waals surface area contributed by atoms with Crippen molar-refractivity contribution in [3.8, 4) is 5.69 Å². The summed E-state index contributed by atoms with van der Waals surface area (Å²) in [5.41, 5.74) is 2.16. The van der Waals surface area contributed by atoms with Gasteiger partial charge in [-0.2, -0.15) is 0 Å². The van der Waals surface area contributed by atoms with Gasteiger partial charge in [-0.25, -0.2) is 9.07 Å². The minimum absolute atomic E-state index is 0.276. The molecule has 1 aromatic carbocycles. The Morgan fingerprint density at radius 3 is 3.00 bits per heavy atom. The summed E-state index contributed by atoms with van der Waals surface area (Å²) in [6, 6.07) is 5.62. The number of nitrogens with zero attached hydrogens (tertiary/aromatic N) is 3. The maximum Gasteiger partial charge on any atom is 0.149 e. The minimum atomic E-state index is -0.276. The van der Waals surface area contributed by atoms with Crippen molar-refractivity contribution in [3.05, 3.63) is 41.5 Å². The first-order valence-corrected chi connectivity index (χ1v) is 6.14. The van der Waals surface area contributed by atoms with Crippen LogP contribution in [0.15, 0.2) is 24.4 Å². The number of hydrogen-bond acceptors (Lipinski definition) is 3. The smallest absolute Gasteiger partial charge is 0.149 e. The topological polar surface area (TPSA) is 42.7 Å². The van der Waals surface area contributed by atoms with Crippen LogP contribution in [0.5, 0.6) is 0 Å². The second-order valence-electron chi connectivity index (χ2n) is 4.71. The Morgan fingerprint density at radius 2 is 2.28 bits per heavy atom. The fourth-order valence-corrected chi connectivity index (χ4v) is 1.94. The van der Waals surface area contributed by atoms with Crippen LogP contribution in [0, 0.1) is 12.7 Å². The Morgan fingerprint density at radius 1 is 1.44 bits per heavy atom. The van der Waals surface area contributed by atoms with Crippen LogP contribution < -0.4 is 5.32 Å². The van der Waals surface area contributed by atoms with Gasteiger partial charge in [-0.3, -0.25) is 0 Å². The molecule has 1 saturated carbocycles. The van der Waals surface area contributed by atoms with Crippen molar-refractivity contribution in [1.29, 1.82) is 0 Å². The highest BCUT2D eigenvalue weighted by Gasteiger charge is 2.20. The molecule has 0 aliphatic heterocycles. The summed E-state index contributed by atoms with van der Waals surface area (Å²) >= 11 is 0. The summed E-state index contributed by atoms with van der Waals surface area (Å²) in [6.45, 7) is 2.56. The molecule has 18 heavy (non-hydrogen) atoms. The van der Waals surface area contributed by atoms with Crippen LogP contribution in [-0.2, 0) is 6.54 Å². The maximum atomic E-state index is 13.8. The number of para-hydroxylation sites is 1. The van der Waals surface area contributed by atoms with Crippen molar-refractivity contribution in [2.75, 3.05) is 0 Å². The van der Waals surface area contributed by atoms with Gasteiger partial charge in [0.25, 0.3) is 0 Å². The zero-order valence-electron chi connectivity index (χ0n) is 10.2. The van der Waals surface area contributed by atoms with Gasteiger partial charge in [-0.15, -0.1) is 5.10 Å². The zero-order valence-corrected chi connectivity index (χ0v) is 10.2. The first kappa shape index (κ1) is 11.3. The highest BCUT2D eigenvalue weighted by Crippen LogP contribution is 2.20. The van der Waals surface area contributed by atoms with E-state index >= 15 is 0 Å². The van der Waals surface area contributed by atoms with E-state index in [2.05, 4.69) is 15.6 Å². The lowest BCUT2D eigenvalue weighted by molar-refractivity contribution is 0.605. The van der Waals surface area contributed by atoms with Gasteiger partial charge in [0.05, 0.1) is 11.9 Å². The fraction of sp³-hybridized carbons (Fsp3) is 0.385. The van der Waals surface area contributed by atoms with Crippen LogP contribution in [0.25, 0.3) is 5.69 Å². The van der Waals surface area contributed by atoms with E-state index in [0.717, 1.165) is 11.3 Å². The number of rotatable bonds is 4. The second kappa shape index (κ2) is 4.49. The molecule has 0 unspecified atom stereocenters. The predicted molar refractivity (Wildman–Crippen MR) is 65.9 cm³/mol. The summed E-state index contributed by atoms with van der Waals surface area (Å²) in [7, 11) is 0. The Bertz CT molecular complexity index is 540. The van der Waals surface area contributed by atoms with E-state index in [0.29, 0.717) is 18.3 Å². The zero-order chi connectivity index (χ0) is 12.5. The first-order valence-electron chi connectivity index (χ1n) is 6.14. The van der Waals surface area contributed by atoms with E-state index in [1.807, 2.05) is 13.0 Å². The number of nitrogens with one attached hydrogen (secondary N) is 1. The Kier molecular flexibility index (Phi) is 2.83. The third kappa shape index (κ3) is 2.26. The maximum absolute atomic E-state index is 13.8. The van der Waals surface area contributed by atoms with E-state index in [1.54, 1.807) is 12.3 Å². The van der Waals surface area contributed by atoms with Gasteiger partial charge in [-0.1, -0.05) is 17.3 Å². The number of aromatic nitrogens is 3. The molecule has 1 heterocycles. The van der Waals surface area contributed by atoms with Crippen molar-refractivity contribution in [2.24, 2.45) is 0 Å². The Balaban J connectivity index is 1.83.